The van der Waals surface area contributed by atoms with E-state index in [9.17, 15) is 9.59 Å². The molecule has 0 aromatic rings. The molecule has 0 aliphatic carbocycles. The minimum absolute atomic E-state index is 0.425. The van der Waals surface area contributed by atoms with Gasteiger partial charge in [0, 0.05) is 6.92 Å². The standard InChI is InChI=1S/C27H52O4/c1-3-4-5-6-7-8-9-10-11-12-13-14-15-16-17-18-19-20-21-22-23-24-26(27(29)30)31-25(2)28/h26H,3-24H2,1-2H3,(H,29,30). The van der Waals surface area contributed by atoms with Gasteiger partial charge in [0.15, 0.2) is 6.10 Å². The van der Waals surface area contributed by atoms with E-state index in [2.05, 4.69) is 6.92 Å². The number of esters is 1. The van der Waals surface area contributed by atoms with Crippen molar-refractivity contribution in [1.29, 1.82) is 0 Å². The van der Waals surface area contributed by atoms with Gasteiger partial charge in [-0.1, -0.05) is 135 Å². The third kappa shape index (κ3) is 23.4. The molecule has 1 N–H and O–H groups in total. The lowest BCUT2D eigenvalue weighted by molar-refractivity contribution is -0.163. The van der Waals surface area contributed by atoms with Crippen molar-refractivity contribution < 1.29 is 19.4 Å². The third-order valence-corrected chi connectivity index (χ3v) is 6.15. The average Bonchev–Trinajstić information content (AvgIpc) is 2.73. The van der Waals surface area contributed by atoms with Gasteiger partial charge in [-0.05, 0) is 12.8 Å². The largest absolute Gasteiger partial charge is 0.479 e. The second kappa shape index (κ2) is 23.6. The molecule has 0 aliphatic rings. The van der Waals surface area contributed by atoms with Gasteiger partial charge < -0.3 is 9.84 Å². The summed E-state index contributed by atoms with van der Waals surface area (Å²) in [7, 11) is 0. The topological polar surface area (TPSA) is 63.6 Å². The Morgan fingerprint density at radius 1 is 0.581 bits per heavy atom. The molecule has 0 fully saturated rings. The summed E-state index contributed by atoms with van der Waals surface area (Å²) >= 11 is 0. The van der Waals surface area contributed by atoms with E-state index in [-0.39, 0.29) is 0 Å². The Labute approximate surface area is 192 Å². The van der Waals surface area contributed by atoms with E-state index in [1.54, 1.807) is 0 Å². The molecule has 0 aromatic heterocycles. The van der Waals surface area contributed by atoms with Gasteiger partial charge in [0.25, 0.3) is 0 Å². The zero-order chi connectivity index (χ0) is 23.0. The van der Waals surface area contributed by atoms with Crippen molar-refractivity contribution >= 4 is 11.9 Å². The molecule has 0 rings (SSSR count). The maximum absolute atomic E-state index is 11.0. The Morgan fingerprint density at radius 3 is 1.13 bits per heavy atom. The van der Waals surface area contributed by atoms with Gasteiger partial charge in [-0.15, -0.1) is 0 Å². The van der Waals surface area contributed by atoms with Crippen LogP contribution in [0.2, 0.25) is 0 Å². The summed E-state index contributed by atoms with van der Waals surface area (Å²) in [5, 5.41) is 9.01. The molecule has 0 saturated carbocycles. The molecule has 0 spiro atoms. The Hall–Kier alpha value is -1.06. The lowest BCUT2D eigenvalue weighted by atomic mass is 10.0. The number of rotatable bonds is 24. The molecule has 0 aliphatic heterocycles. The SMILES string of the molecule is CCCCCCCCCCCCCCCCCCCCCCCC(OC(C)=O)C(=O)O. The van der Waals surface area contributed by atoms with Crippen molar-refractivity contribution in [3.63, 3.8) is 0 Å². The molecular weight excluding hydrogens is 388 g/mol. The van der Waals surface area contributed by atoms with E-state index in [0.29, 0.717) is 6.42 Å². The highest BCUT2D eigenvalue weighted by atomic mass is 16.6. The second-order valence-electron chi connectivity index (χ2n) is 9.30. The molecule has 0 heterocycles. The number of carbonyl (C=O) groups is 2. The van der Waals surface area contributed by atoms with E-state index < -0.39 is 18.0 Å². The third-order valence-electron chi connectivity index (χ3n) is 6.15. The first-order valence-corrected chi connectivity index (χ1v) is 13.5. The fourth-order valence-electron chi connectivity index (χ4n) is 4.19. The highest BCUT2D eigenvalue weighted by Gasteiger charge is 2.19. The molecular formula is C27H52O4. The van der Waals surface area contributed by atoms with E-state index in [4.69, 9.17) is 9.84 Å². The van der Waals surface area contributed by atoms with Gasteiger partial charge in [-0.2, -0.15) is 0 Å². The van der Waals surface area contributed by atoms with E-state index in [0.717, 1.165) is 19.3 Å². The first-order valence-electron chi connectivity index (χ1n) is 13.5. The summed E-state index contributed by atoms with van der Waals surface area (Å²) < 4.78 is 4.82. The van der Waals surface area contributed by atoms with E-state index in [1.807, 2.05) is 0 Å². The molecule has 0 aromatic carbocycles. The van der Waals surface area contributed by atoms with Gasteiger partial charge >= 0.3 is 11.9 Å². The average molecular weight is 441 g/mol. The molecule has 0 bridgehead atoms. The Balaban J connectivity index is 3.20. The van der Waals surface area contributed by atoms with Crippen molar-refractivity contribution in [3.8, 4) is 0 Å². The summed E-state index contributed by atoms with van der Waals surface area (Å²) in [5.74, 6) is -1.56. The summed E-state index contributed by atoms with van der Waals surface area (Å²) in [6, 6.07) is 0. The second-order valence-corrected chi connectivity index (χ2v) is 9.30. The summed E-state index contributed by atoms with van der Waals surface area (Å²) in [6.07, 6.45) is 27.5. The lowest BCUT2D eigenvalue weighted by Gasteiger charge is -2.11. The quantitative estimate of drug-likeness (QED) is 0.120. The zero-order valence-electron chi connectivity index (χ0n) is 20.8. The van der Waals surface area contributed by atoms with Crippen LogP contribution in [0.1, 0.15) is 155 Å². The minimum Gasteiger partial charge on any atom is -0.479 e. The van der Waals surface area contributed by atoms with Gasteiger partial charge in [-0.25, -0.2) is 4.79 Å². The smallest absolute Gasteiger partial charge is 0.345 e. The molecule has 0 amide bonds. The van der Waals surface area contributed by atoms with Crippen molar-refractivity contribution in [2.24, 2.45) is 0 Å². The summed E-state index contributed by atoms with van der Waals surface area (Å²) in [6.45, 7) is 3.54. The first-order chi connectivity index (χ1) is 15.1. The van der Waals surface area contributed by atoms with Gasteiger partial charge in [0.1, 0.15) is 0 Å². The van der Waals surface area contributed by atoms with Crippen LogP contribution in [0.25, 0.3) is 0 Å². The van der Waals surface area contributed by atoms with Gasteiger partial charge in [0.2, 0.25) is 0 Å². The Kier molecular flexibility index (Phi) is 22.8. The van der Waals surface area contributed by atoms with Crippen LogP contribution in [0.4, 0.5) is 0 Å². The molecule has 184 valence electrons. The van der Waals surface area contributed by atoms with Crippen LogP contribution in [-0.2, 0) is 14.3 Å². The monoisotopic (exact) mass is 440 g/mol. The maximum atomic E-state index is 11.0. The van der Waals surface area contributed by atoms with Crippen molar-refractivity contribution in [1.82, 2.24) is 0 Å². The molecule has 0 saturated heterocycles. The summed E-state index contributed by atoms with van der Waals surface area (Å²) in [5.41, 5.74) is 0. The van der Waals surface area contributed by atoms with Crippen LogP contribution in [0.5, 0.6) is 0 Å². The van der Waals surface area contributed by atoms with Crippen LogP contribution in [-0.4, -0.2) is 23.1 Å². The number of carboxylic acid groups (broad SMARTS) is 1. The summed E-state index contributed by atoms with van der Waals surface area (Å²) in [4.78, 5) is 21.9. The number of hydrogen-bond acceptors (Lipinski definition) is 3. The number of carboxylic acids is 1. The Bertz CT molecular complexity index is 408. The number of unbranched alkanes of at least 4 members (excludes halogenated alkanes) is 20. The first kappa shape index (κ1) is 29.9. The highest BCUT2D eigenvalue weighted by Crippen LogP contribution is 2.15. The zero-order valence-corrected chi connectivity index (χ0v) is 20.8. The number of carbonyl (C=O) groups excluding carboxylic acids is 1. The van der Waals surface area contributed by atoms with Gasteiger partial charge in [-0.3, -0.25) is 4.79 Å². The molecule has 4 nitrogen and oxygen atoms in total. The predicted octanol–water partition coefficient (Wildman–Crippen LogP) is 8.60. The number of ether oxygens (including phenoxy) is 1. The van der Waals surface area contributed by atoms with Crippen molar-refractivity contribution in [3.05, 3.63) is 0 Å². The van der Waals surface area contributed by atoms with E-state index in [1.165, 1.54) is 122 Å². The van der Waals surface area contributed by atoms with Crippen LogP contribution in [0.3, 0.4) is 0 Å². The van der Waals surface area contributed by atoms with E-state index >= 15 is 0 Å². The maximum Gasteiger partial charge on any atom is 0.345 e. The molecule has 4 heteroatoms. The van der Waals surface area contributed by atoms with Crippen LogP contribution >= 0.6 is 0 Å². The number of hydrogen-bond donors (Lipinski definition) is 1. The fourth-order valence-corrected chi connectivity index (χ4v) is 4.19. The lowest BCUT2D eigenvalue weighted by Crippen LogP contribution is -2.25. The molecule has 0 radical (unpaired) electrons. The fraction of sp³-hybridized carbons (Fsp3) is 0.926. The molecule has 1 atom stereocenters. The van der Waals surface area contributed by atoms with Crippen molar-refractivity contribution in [2.75, 3.05) is 0 Å². The normalized spacial score (nSPS) is 12.1. The number of aliphatic carboxylic acids is 1. The van der Waals surface area contributed by atoms with Crippen LogP contribution in [0, 0.1) is 0 Å². The van der Waals surface area contributed by atoms with Crippen molar-refractivity contribution in [2.45, 2.75) is 161 Å². The van der Waals surface area contributed by atoms with Crippen LogP contribution in [0.15, 0.2) is 0 Å². The van der Waals surface area contributed by atoms with Gasteiger partial charge in [0.05, 0.1) is 0 Å². The Morgan fingerprint density at radius 2 is 0.871 bits per heavy atom. The highest BCUT2D eigenvalue weighted by molar-refractivity contribution is 5.76. The predicted molar refractivity (Wildman–Crippen MR) is 130 cm³/mol. The molecule has 1 unspecified atom stereocenters. The minimum atomic E-state index is -1.04. The molecule has 31 heavy (non-hydrogen) atoms. The van der Waals surface area contributed by atoms with Crippen LogP contribution < -0.4 is 0 Å².